The van der Waals surface area contributed by atoms with Crippen LogP contribution in [-0.2, 0) is 21.4 Å². The highest BCUT2D eigenvalue weighted by atomic mass is 32.2. The zero-order valence-electron chi connectivity index (χ0n) is 13.5. The molecular weight excluding hydrogens is 350 g/mol. The van der Waals surface area contributed by atoms with Crippen LogP contribution in [0.5, 0.6) is 0 Å². The van der Waals surface area contributed by atoms with E-state index in [-0.39, 0.29) is 11.0 Å². The average Bonchev–Trinajstić information content (AvgIpc) is 2.59. The van der Waals surface area contributed by atoms with Gasteiger partial charge >= 0.3 is 0 Å². The molecule has 1 N–H and O–H groups in total. The van der Waals surface area contributed by atoms with E-state index in [0.29, 0.717) is 37.6 Å². The fourth-order valence-corrected chi connectivity index (χ4v) is 4.59. The van der Waals surface area contributed by atoms with E-state index in [9.17, 15) is 13.5 Å². The minimum atomic E-state index is -3.52. The van der Waals surface area contributed by atoms with Gasteiger partial charge < -0.3 is 14.4 Å². The van der Waals surface area contributed by atoms with Gasteiger partial charge in [-0.25, -0.2) is 8.42 Å². The molecule has 0 amide bonds. The van der Waals surface area contributed by atoms with Crippen LogP contribution >= 0.6 is 12.2 Å². The molecule has 1 aromatic heterocycles. The summed E-state index contributed by atoms with van der Waals surface area (Å²) in [5.41, 5.74) is 0. The zero-order chi connectivity index (χ0) is 17.2. The lowest BCUT2D eigenvalue weighted by Crippen LogP contribution is -2.41. The Kier molecular flexibility index (Phi) is 5.68. The number of pyridine rings is 1. The van der Waals surface area contributed by atoms with Gasteiger partial charge in [0.1, 0.15) is 4.64 Å². The molecule has 0 spiro atoms. The van der Waals surface area contributed by atoms with Gasteiger partial charge in [-0.15, -0.1) is 0 Å². The molecule has 2 aliphatic heterocycles. The van der Waals surface area contributed by atoms with E-state index in [4.69, 9.17) is 17.0 Å². The minimum absolute atomic E-state index is 0.234. The van der Waals surface area contributed by atoms with Gasteiger partial charge in [-0.05, 0) is 25.0 Å². The number of morpholine rings is 1. The van der Waals surface area contributed by atoms with E-state index in [1.807, 2.05) is 0 Å². The van der Waals surface area contributed by atoms with Crippen molar-refractivity contribution in [1.29, 1.82) is 0 Å². The normalized spacial score (nSPS) is 21.9. The molecule has 9 heteroatoms. The highest BCUT2D eigenvalue weighted by Crippen LogP contribution is 2.18. The number of aliphatic hydroxyl groups excluding tert-OH is 1. The quantitative estimate of drug-likeness (QED) is 0.782. The van der Waals surface area contributed by atoms with Crippen LogP contribution in [0.15, 0.2) is 23.2 Å². The number of nitrogens with zero attached hydrogens (tertiary/aromatic N) is 3. The number of piperidine rings is 1. The second-order valence-corrected chi connectivity index (χ2v) is 8.54. The van der Waals surface area contributed by atoms with Crippen molar-refractivity contribution in [2.75, 3.05) is 39.4 Å². The molecule has 1 aromatic rings. The van der Waals surface area contributed by atoms with Crippen LogP contribution in [0.4, 0.5) is 0 Å². The summed E-state index contributed by atoms with van der Waals surface area (Å²) in [6.45, 7) is 3.71. The molecule has 0 unspecified atom stereocenters. The number of hydrogen-bond acceptors (Lipinski definition) is 6. The lowest BCUT2D eigenvalue weighted by atomic mass is 10.1. The van der Waals surface area contributed by atoms with E-state index >= 15 is 0 Å². The van der Waals surface area contributed by atoms with E-state index in [1.54, 1.807) is 22.9 Å². The molecule has 0 saturated carbocycles. The molecule has 3 rings (SSSR count). The maximum absolute atomic E-state index is 12.8. The Morgan fingerprint density at radius 2 is 1.83 bits per heavy atom. The third-order valence-corrected chi connectivity index (χ3v) is 6.73. The number of aromatic nitrogens is 1. The molecule has 2 aliphatic rings. The Balaban J connectivity index is 1.79. The lowest BCUT2D eigenvalue weighted by molar-refractivity contribution is 0.0673. The molecule has 0 aromatic carbocycles. The van der Waals surface area contributed by atoms with Gasteiger partial charge in [0, 0.05) is 32.4 Å². The van der Waals surface area contributed by atoms with Crippen molar-refractivity contribution >= 4 is 22.2 Å². The summed E-state index contributed by atoms with van der Waals surface area (Å²) in [5, 5.41) is 9.59. The monoisotopic (exact) mass is 373 g/mol. The van der Waals surface area contributed by atoms with Gasteiger partial charge in [-0.2, -0.15) is 4.31 Å². The third-order valence-electron chi connectivity index (χ3n) is 4.47. The Labute approximate surface area is 147 Å². The number of likely N-dealkylation sites (tertiary alicyclic amines) is 1. The molecule has 0 radical (unpaired) electrons. The summed E-state index contributed by atoms with van der Waals surface area (Å²) in [7, 11) is -3.52. The maximum atomic E-state index is 12.8. The Morgan fingerprint density at radius 3 is 2.50 bits per heavy atom. The van der Waals surface area contributed by atoms with Crippen LogP contribution in [-0.4, -0.2) is 72.8 Å². The van der Waals surface area contributed by atoms with E-state index in [2.05, 4.69) is 4.90 Å². The lowest BCUT2D eigenvalue weighted by Gasteiger charge is -2.30. The van der Waals surface area contributed by atoms with Crippen LogP contribution in [0, 0.1) is 4.64 Å². The van der Waals surface area contributed by atoms with Gasteiger partial charge in [-0.3, -0.25) is 4.90 Å². The maximum Gasteiger partial charge on any atom is 0.244 e. The predicted molar refractivity (Wildman–Crippen MR) is 91.7 cm³/mol. The van der Waals surface area contributed by atoms with E-state index in [1.165, 1.54) is 4.31 Å². The fraction of sp³-hybridized carbons (Fsp3) is 0.667. The van der Waals surface area contributed by atoms with Crippen molar-refractivity contribution in [3.05, 3.63) is 23.0 Å². The van der Waals surface area contributed by atoms with Gasteiger partial charge in [0.25, 0.3) is 0 Å². The molecular formula is C15H23N3O4S2. The first kappa shape index (κ1) is 18.0. The predicted octanol–water partition coefficient (Wildman–Crippen LogP) is 0.653. The number of sulfonamides is 1. The smallest absolute Gasteiger partial charge is 0.244 e. The first-order valence-corrected chi connectivity index (χ1v) is 10.0. The van der Waals surface area contributed by atoms with Crippen LogP contribution in [0.3, 0.4) is 0 Å². The van der Waals surface area contributed by atoms with Crippen LogP contribution < -0.4 is 0 Å². The summed E-state index contributed by atoms with van der Waals surface area (Å²) >= 11 is 5.34. The van der Waals surface area contributed by atoms with Crippen molar-refractivity contribution < 1.29 is 18.3 Å². The fourth-order valence-electron chi connectivity index (χ4n) is 2.98. The van der Waals surface area contributed by atoms with Gasteiger partial charge in [0.05, 0.1) is 30.9 Å². The third kappa shape index (κ3) is 4.04. The zero-order valence-corrected chi connectivity index (χ0v) is 15.1. The molecule has 24 heavy (non-hydrogen) atoms. The summed E-state index contributed by atoms with van der Waals surface area (Å²) in [6.07, 6.45) is 2.86. The second kappa shape index (κ2) is 7.59. The van der Waals surface area contributed by atoms with Crippen molar-refractivity contribution in [2.45, 2.75) is 30.5 Å². The molecule has 7 nitrogen and oxygen atoms in total. The van der Waals surface area contributed by atoms with Crippen molar-refractivity contribution in [2.24, 2.45) is 0 Å². The van der Waals surface area contributed by atoms with Gasteiger partial charge in [-0.1, -0.05) is 12.2 Å². The largest absolute Gasteiger partial charge is 0.393 e. The number of rotatable bonds is 4. The van der Waals surface area contributed by atoms with Gasteiger partial charge in [0.15, 0.2) is 0 Å². The number of ether oxygens (including phenoxy) is 1. The van der Waals surface area contributed by atoms with Gasteiger partial charge in [0.2, 0.25) is 10.0 Å². The van der Waals surface area contributed by atoms with Crippen molar-refractivity contribution in [3.8, 4) is 0 Å². The molecule has 134 valence electrons. The highest BCUT2D eigenvalue weighted by Gasteiger charge is 2.27. The second-order valence-electron chi connectivity index (χ2n) is 6.18. The molecule has 0 bridgehead atoms. The standard InChI is InChI=1S/C15H23N3O4S2/c19-13-3-5-16(6-4-13)12-17-11-14(1-2-15(17)23)24(20,21)18-7-9-22-10-8-18/h1-2,11,13,19H,3-10,12H2. The first-order chi connectivity index (χ1) is 11.5. The average molecular weight is 374 g/mol. The van der Waals surface area contributed by atoms with Crippen molar-refractivity contribution in [3.63, 3.8) is 0 Å². The summed E-state index contributed by atoms with van der Waals surface area (Å²) in [4.78, 5) is 2.43. The first-order valence-electron chi connectivity index (χ1n) is 8.15. The van der Waals surface area contributed by atoms with Crippen molar-refractivity contribution in [1.82, 2.24) is 13.8 Å². The SMILES string of the molecule is O=S(=O)(c1ccc(=S)n(CN2CCC(O)CC2)c1)N1CCOCC1. The van der Waals surface area contributed by atoms with E-state index < -0.39 is 10.0 Å². The summed E-state index contributed by atoms with van der Waals surface area (Å²) < 4.78 is 34.6. The molecule has 2 fully saturated rings. The summed E-state index contributed by atoms with van der Waals surface area (Å²) in [6, 6.07) is 3.24. The minimum Gasteiger partial charge on any atom is -0.393 e. The number of hydrogen-bond donors (Lipinski definition) is 1. The summed E-state index contributed by atoms with van der Waals surface area (Å²) in [5.74, 6) is 0. The van der Waals surface area contributed by atoms with E-state index in [0.717, 1.165) is 25.9 Å². The Bertz CT molecular complexity index is 720. The highest BCUT2D eigenvalue weighted by molar-refractivity contribution is 7.89. The van der Waals surface area contributed by atoms with Crippen LogP contribution in [0.1, 0.15) is 12.8 Å². The molecule has 0 atom stereocenters. The van der Waals surface area contributed by atoms with Crippen LogP contribution in [0.2, 0.25) is 0 Å². The number of aliphatic hydroxyl groups is 1. The molecule has 0 aliphatic carbocycles. The Morgan fingerprint density at radius 1 is 1.17 bits per heavy atom. The Hall–Kier alpha value is -0.840. The molecule has 2 saturated heterocycles. The topological polar surface area (TPSA) is 75.0 Å². The van der Waals surface area contributed by atoms with Crippen LogP contribution in [0.25, 0.3) is 0 Å². The molecule has 3 heterocycles.